The van der Waals surface area contributed by atoms with E-state index in [1.165, 1.54) is 27.8 Å². The number of hydrogen-bond acceptors (Lipinski definition) is 3. The fourth-order valence-corrected chi connectivity index (χ4v) is 3.05. The molecule has 1 N–H and O–H groups in total. The summed E-state index contributed by atoms with van der Waals surface area (Å²) < 4.78 is 0. The molecule has 1 aliphatic rings. The maximum Gasteiger partial charge on any atom is 0.254 e. The number of benzene rings is 2. The number of amides is 1. The highest BCUT2D eigenvalue weighted by Crippen LogP contribution is 2.25. The third-order valence-corrected chi connectivity index (χ3v) is 4.42. The molecule has 4 heteroatoms. The van der Waals surface area contributed by atoms with Gasteiger partial charge in [0.2, 0.25) is 0 Å². The van der Waals surface area contributed by atoms with Gasteiger partial charge < -0.3 is 0 Å². The van der Waals surface area contributed by atoms with E-state index < -0.39 is 0 Å². The van der Waals surface area contributed by atoms with Crippen molar-refractivity contribution in [3.63, 3.8) is 0 Å². The molecule has 1 aliphatic heterocycles. The summed E-state index contributed by atoms with van der Waals surface area (Å²) in [4.78, 5) is 14.2. The van der Waals surface area contributed by atoms with Crippen LogP contribution in [0.3, 0.4) is 0 Å². The topological polar surface area (TPSA) is 44.7 Å². The molecule has 1 heterocycles. The number of aryl methyl sites for hydroxylation is 3. The zero-order valence-electron chi connectivity index (χ0n) is 14.5. The summed E-state index contributed by atoms with van der Waals surface area (Å²) in [7, 11) is 0. The van der Waals surface area contributed by atoms with Crippen molar-refractivity contribution in [3.05, 3.63) is 69.8 Å². The predicted molar refractivity (Wildman–Crippen MR) is 96.9 cm³/mol. The summed E-state index contributed by atoms with van der Waals surface area (Å²) in [6, 6.07) is 12.5. The van der Waals surface area contributed by atoms with Crippen LogP contribution in [-0.4, -0.2) is 23.6 Å². The molecule has 3 rings (SSSR count). The Morgan fingerprint density at radius 3 is 2.42 bits per heavy atom. The number of rotatable bonds is 4. The molecule has 0 saturated carbocycles. The van der Waals surface area contributed by atoms with Crippen molar-refractivity contribution in [2.24, 2.45) is 5.10 Å². The number of fused-ring (bicyclic) bond motifs is 1. The van der Waals surface area contributed by atoms with Crippen LogP contribution < -0.4 is 5.43 Å². The van der Waals surface area contributed by atoms with Crippen molar-refractivity contribution in [1.29, 1.82) is 0 Å². The highest BCUT2D eigenvalue weighted by atomic mass is 16.2. The molecule has 0 spiro atoms. The van der Waals surface area contributed by atoms with E-state index in [9.17, 15) is 4.79 Å². The molecule has 0 atom stereocenters. The van der Waals surface area contributed by atoms with E-state index in [2.05, 4.69) is 41.4 Å². The predicted octanol–water partition coefficient (Wildman–Crippen LogP) is 3.08. The van der Waals surface area contributed by atoms with E-state index in [0.29, 0.717) is 6.54 Å². The van der Waals surface area contributed by atoms with Crippen LogP contribution in [-0.2, 0) is 17.9 Å². The molecule has 1 amide bonds. The van der Waals surface area contributed by atoms with Gasteiger partial charge >= 0.3 is 0 Å². The Hall–Kier alpha value is -2.46. The number of hydrogen-bond donors (Lipinski definition) is 1. The van der Waals surface area contributed by atoms with Gasteiger partial charge in [-0.1, -0.05) is 42.0 Å². The zero-order valence-corrected chi connectivity index (χ0v) is 14.5. The highest BCUT2D eigenvalue weighted by Gasteiger charge is 2.21. The average molecular weight is 321 g/mol. The van der Waals surface area contributed by atoms with Gasteiger partial charge in [-0.2, -0.15) is 5.10 Å². The lowest BCUT2D eigenvalue weighted by atomic mass is 10.0. The van der Waals surface area contributed by atoms with Gasteiger partial charge in [0.05, 0.1) is 12.8 Å². The van der Waals surface area contributed by atoms with E-state index >= 15 is 0 Å². The summed E-state index contributed by atoms with van der Waals surface area (Å²) in [6.07, 6.45) is 1.68. The summed E-state index contributed by atoms with van der Waals surface area (Å²) in [6.45, 7) is 8.30. The molecule has 0 fully saturated rings. The van der Waals surface area contributed by atoms with Crippen LogP contribution in [0.5, 0.6) is 0 Å². The molecular formula is C20H23N3O. The average Bonchev–Trinajstić information content (AvgIpc) is 2.89. The van der Waals surface area contributed by atoms with Gasteiger partial charge in [-0.05, 0) is 48.6 Å². The second kappa shape index (κ2) is 6.97. The minimum absolute atomic E-state index is 0.0832. The minimum Gasteiger partial charge on any atom is -0.286 e. The van der Waals surface area contributed by atoms with Gasteiger partial charge in [-0.25, -0.2) is 5.43 Å². The third-order valence-electron chi connectivity index (χ3n) is 4.42. The molecule has 0 aliphatic carbocycles. The fourth-order valence-electron chi connectivity index (χ4n) is 3.05. The molecule has 2 aromatic carbocycles. The zero-order chi connectivity index (χ0) is 17.1. The van der Waals surface area contributed by atoms with Gasteiger partial charge in [0.25, 0.3) is 5.91 Å². The maximum absolute atomic E-state index is 12.1. The second-order valence-electron chi connectivity index (χ2n) is 6.56. The first kappa shape index (κ1) is 16.4. The van der Waals surface area contributed by atoms with Crippen molar-refractivity contribution in [2.45, 2.75) is 33.9 Å². The van der Waals surface area contributed by atoms with Gasteiger partial charge in [0, 0.05) is 13.1 Å². The van der Waals surface area contributed by atoms with Crippen molar-refractivity contribution >= 4 is 12.1 Å². The Balaban J connectivity index is 1.53. The van der Waals surface area contributed by atoms with Gasteiger partial charge in [0.15, 0.2) is 0 Å². The Morgan fingerprint density at radius 2 is 1.79 bits per heavy atom. The van der Waals surface area contributed by atoms with Crippen molar-refractivity contribution in [3.8, 4) is 0 Å². The fraction of sp³-hybridized carbons (Fsp3) is 0.300. The summed E-state index contributed by atoms with van der Waals surface area (Å²) in [5, 5.41) is 4.05. The van der Waals surface area contributed by atoms with Crippen molar-refractivity contribution in [2.75, 3.05) is 6.54 Å². The lowest BCUT2D eigenvalue weighted by molar-refractivity contribution is -0.122. The lowest BCUT2D eigenvalue weighted by Gasteiger charge is -2.12. The Morgan fingerprint density at radius 1 is 1.12 bits per heavy atom. The monoisotopic (exact) mass is 321 g/mol. The van der Waals surface area contributed by atoms with Gasteiger partial charge in [0.1, 0.15) is 0 Å². The van der Waals surface area contributed by atoms with E-state index in [0.717, 1.165) is 18.7 Å². The summed E-state index contributed by atoms with van der Waals surface area (Å²) in [5.41, 5.74) is 10.0. The Kier molecular flexibility index (Phi) is 4.76. The molecule has 0 saturated heterocycles. The van der Waals surface area contributed by atoms with Crippen molar-refractivity contribution < 1.29 is 4.79 Å². The molecule has 4 nitrogen and oxygen atoms in total. The number of hydrazone groups is 1. The first-order valence-corrected chi connectivity index (χ1v) is 8.21. The Bertz CT molecular complexity index is 764. The molecule has 0 bridgehead atoms. The summed E-state index contributed by atoms with van der Waals surface area (Å²) >= 11 is 0. The Labute approximate surface area is 143 Å². The molecule has 2 aromatic rings. The van der Waals surface area contributed by atoms with E-state index in [1.807, 2.05) is 31.2 Å². The highest BCUT2D eigenvalue weighted by molar-refractivity contribution is 5.83. The third kappa shape index (κ3) is 3.89. The number of carbonyl (C=O) groups excluding carboxylic acids is 1. The number of carbonyl (C=O) groups is 1. The standard InChI is InChI=1S/C20H23N3O/c1-14-5-4-6-17(7-14)10-21-22-20(24)13-23-11-18-8-15(2)16(3)9-19(18)12-23/h4-10H,11-13H2,1-3H3,(H,22,24)/b21-10-. The van der Waals surface area contributed by atoms with Crippen LogP contribution in [0.25, 0.3) is 0 Å². The largest absolute Gasteiger partial charge is 0.286 e. The second-order valence-corrected chi connectivity index (χ2v) is 6.56. The number of nitrogens with one attached hydrogen (secondary N) is 1. The van der Waals surface area contributed by atoms with Crippen LogP contribution in [0.1, 0.15) is 33.4 Å². The maximum atomic E-state index is 12.1. The summed E-state index contributed by atoms with van der Waals surface area (Å²) in [5.74, 6) is -0.0832. The SMILES string of the molecule is Cc1cccc(/C=N\NC(=O)CN2Cc3cc(C)c(C)cc3C2)c1. The van der Waals surface area contributed by atoms with E-state index in [-0.39, 0.29) is 5.91 Å². The number of nitrogens with zero attached hydrogens (tertiary/aromatic N) is 2. The molecule has 24 heavy (non-hydrogen) atoms. The molecular weight excluding hydrogens is 298 g/mol. The van der Waals surface area contributed by atoms with Crippen LogP contribution in [0.4, 0.5) is 0 Å². The molecule has 0 unspecified atom stereocenters. The van der Waals surface area contributed by atoms with Crippen molar-refractivity contribution in [1.82, 2.24) is 10.3 Å². The normalized spacial score (nSPS) is 14.1. The van der Waals surface area contributed by atoms with Crippen LogP contribution in [0.15, 0.2) is 41.5 Å². The van der Waals surface area contributed by atoms with E-state index in [4.69, 9.17) is 0 Å². The van der Waals surface area contributed by atoms with E-state index in [1.54, 1.807) is 6.21 Å². The van der Waals surface area contributed by atoms with Crippen LogP contribution in [0.2, 0.25) is 0 Å². The quantitative estimate of drug-likeness (QED) is 0.695. The lowest BCUT2D eigenvalue weighted by Crippen LogP contribution is -2.32. The van der Waals surface area contributed by atoms with Crippen LogP contribution in [0, 0.1) is 20.8 Å². The molecule has 124 valence electrons. The molecule has 0 aromatic heterocycles. The van der Waals surface area contributed by atoms with Gasteiger partial charge in [-0.15, -0.1) is 0 Å². The smallest absolute Gasteiger partial charge is 0.254 e. The first-order chi connectivity index (χ1) is 11.5. The molecule has 0 radical (unpaired) electrons. The van der Waals surface area contributed by atoms with Gasteiger partial charge in [-0.3, -0.25) is 9.69 Å². The van der Waals surface area contributed by atoms with Crippen LogP contribution >= 0.6 is 0 Å². The minimum atomic E-state index is -0.0832. The first-order valence-electron chi connectivity index (χ1n) is 8.21.